The Bertz CT molecular complexity index is 1030. The lowest BCUT2D eigenvalue weighted by Gasteiger charge is -2.18. The number of aliphatic imine (C=N–C) groups is 1. The van der Waals surface area contributed by atoms with Gasteiger partial charge in [-0.15, -0.1) is 0 Å². The van der Waals surface area contributed by atoms with E-state index < -0.39 is 11.6 Å². The molecule has 0 amide bonds. The molecule has 0 radical (unpaired) electrons. The van der Waals surface area contributed by atoms with Crippen molar-refractivity contribution in [3.63, 3.8) is 0 Å². The van der Waals surface area contributed by atoms with Crippen molar-refractivity contribution < 1.29 is 8.78 Å². The number of aromatic nitrogens is 1. The summed E-state index contributed by atoms with van der Waals surface area (Å²) in [6.07, 6.45) is 3.47. The zero-order valence-corrected chi connectivity index (χ0v) is 13.1. The number of fused-ring (bicyclic) bond motifs is 1. The van der Waals surface area contributed by atoms with Gasteiger partial charge in [-0.05, 0) is 12.1 Å². The largest absolute Gasteiger partial charge is 0.359 e. The number of nitrogens with zero attached hydrogens (tertiary/aromatic N) is 1. The highest BCUT2D eigenvalue weighted by molar-refractivity contribution is 6.06. The SMILES string of the molecule is C=C1C=C(c2ccccc2)N=C(Nc2c[nH]c3cc(F)c(F)cc23)N1. The molecule has 0 spiro atoms. The fraction of sp³-hybridized carbons (Fsp3) is 0. The fourth-order valence-electron chi connectivity index (χ4n) is 2.70. The predicted octanol–water partition coefficient (Wildman–Crippen LogP) is 4.37. The van der Waals surface area contributed by atoms with Crippen LogP contribution in [0.15, 0.2) is 72.0 Å². The third kappa shape index (κ3) is 2.89. The molecule has 1 aromatic heterocycles. The summed E-state index contributed by atoms with van der Waals surface area (Å²) in [5, 5.41) is 6.66. The van der Waals surface area contributed by atoms with E-state index in [0.29, 0.717) is 28.2 Å². The highest BCUT2D eigenvalue weighted by Crippen LogP contribution is 2.26. The van der Waals surface area contributed by atoms with E-state index in [1.165, 1.54) is 0 Å². The Hall–Kier alpha value is -3.41. The molecule has 4 rings (SSSR count). The highest BCUT2D eigenvalue weighted by Gasteiger charge is 2.14. The zero-order valence-electron chi connectivity index (χ0n) is 13.1. The van der Waals surface area contributed by atoms with E-state index in [9.17, 15) is 8.78 Å². The molecule has 2 heterocycles. The molecule has 3 N–H and O–H groups in total. The second-order valence-corrected chi connectivity index (χ2v) is 5.65. The fourth-order valence-corrected chi connectivity index (χ4v) is 2.70. The lowest BCUT2D eigenvalue weighted by Crippen LogP contribution is -2.31. The number of rotatable bonds is 2. The molecule has 3 aromatic rings. The highest BCUT2D eigenvalue weighted by atomic mass is 19.2. The van der Waals surface area contributed by atoms with Crippen molar-refractivity contribution in [2.75, 3.05) is 5.32 Å². The summed E-state index contributed by atoms with van der Waals surface area (Å²) in [5.41, 5.74) is 3.46. The Morgan fingerprint density at radius 3 is 2.60 bits per heavy atom. The summed E-state index contributed by atoms with van der Waals surface area (Å²) in [7, 11) is 0. The van der Waals surface area contributed by atoms with Gasteiger partial charge in [0, 0.05) is 28.9 Å². The van der Waals surface area contributed by atoms with Crippen LogP contribution in [0.4, 0.5) is 14.5 Å². The van der Waals surface area contributed by atoms with Crippen molar-refractivity contribution in [1.29, 1.82) is 0 Å². The van der Waals surface area contributed by atoms with Crippen molar-refractivity contribution in [2.45, 2.75) is 0 Å². The summed E-state index contributed by atoms with van der Waals surface area (Å²) in [6.45, 7) is 3.93. The summed E-state index contributed by atoms with van der Waals surface area (Å²) in [6, 6.07) is 12.0. The minimum atomic E-state index is -0.900. The van der Waals surface area contributed by atoms with Crippen LogP contribution < -0.4 is 10.6 Å². The normalized spacial score (nSPS) is 14.1. The number of hydrogen-bond acceptors (Lipinski definition) is 3. The maximum atomic E-state index is 13.5. The molecule has 0 bridgehead atoms. The summed E-state index contributed by atoms with van der Waals surface area (Å²) in [4.78, 5) is 7.45. The molecule has 0 atom stereocenters. The molecule has 0 saturated heterocycles. The smallest absolute Gasteiger partial charge is 0.205 e. The Balaban J connectivity index is 1.69. The van der Waals surface area contributed by atoms with Crippen LogP contribution in [0.5, 0.6) is 0 Å². The van der Waals surface area contributed by atoms with Crippen LogP contribution in [-0.2, 0) is 0 Å². The van der Waals surface area contributed by atoms with Gasteiger partial charge in [0.25, 0.3) is 0 Å². The van der Waals surface area contributed by atoms with Gasteiger partial charge in [-0.25, -0.2) is 13.8 Å². The third-order valence-corrected chi connectivity index (χ3v) is 3.87. The first-order valence-corrected chi connectivity index (χ1v) is 7.65. The van der Waals surface area contributed by atoms with E-state index in [1.54, 1.807) is 6.20 Å². The lowest BCUT2D eigenvalue weighted by atomic mass is 10.1. The number of benzene rings is 2. The molecule has 0 aliphatic carbocycles. The van der Waals surface area contributed by atoms with Gasteiger partial charge in [-0.1, -0.05) is 36.9 Å². The molecule has 4 nitrogen and oxygen atoms in total. The van der Waals surface area contributed by atoms with Crippen molar-refractivity contribution in [3.05, 3.63) is 84.2 Å². The van der Waals surface area contributed by atoms with Gasteiger partial charge in [0.2, 0.25) is 5.96 Å². The summed E-state index contributed by atoms with van der Waals surface area (Å²) in [5.74, 6) is -1.34. The number of aromatic amines is 1. The van der Waals surface area contributed by atoms with E-state index in [-0.39, 0.29) is 0 Å². The lowest BCUT2D eigenvalue weighted by molar-refractivity contribution is 0.511. The van der Waals surface area contributed by atoms with Crippen molar-refractivity contribution in [2.24, 2.45) is 4.99 Å². The van der Waals surface area contributed by atoms with Gasteiger partial charge < -0.3 is 15.6 Å². The molecule has 1 aliphatic heterocycles. The quantitative estimate of drug-likeness (QED) is 0.651. The molecular weight excluding hydrogens is 322 g/mol. The van der Waals surface area contributed by atoms with Gasteiger partial charge in [0.05, 0.1) is 16.9 Å². The summed E-state index contributed by atoms with van der Waals surface area (Å²) >= 11 is 0. The molecule has 124 valence electrons. The average molecular weight is 336 g/mol. The van der Waals surface area contributed by atoms with Crippen LogP contribution >= 0.6 is 0 Å². The standard InChI is InChI=1S/C19H14F2N4/c1-11-7-16(12-5-3-2-4-6-12)24-19(23-11)25-18-10-22-17-9-15(21)14(20)8-13(17)18/h2-10,22H,1H2,(H2,23,24,25). The first-order chi connectivity index (χ1) is 12.1. The minimum Gasteiger partial charge on any atom is -0.359 e. The van der Waals surface area contributed by atoms with Gasteiger partial charge >= 0.3 is 0 Å². The molecule has 6 heteroatoms. The van der Waals surface area contributed by atoms with Crippen LogP contribution in [0.1, 0.15) is 5.56 Å². The molecule has 25 heavy (non-hydrogen) atoms. The molecule has 0 fully saturated rings. The number of H-pyrrole nitrogens is 1. The first kappa shape index (κ1) is 15.1. The molecular formula is C19H14F2N4. The van der Waals surface area contributed by atoms with Gasteiger partial charge in [0.1, 0.15) is 0 Å². The minimum absolute atomic E-state index is 0.456. The Labute approximate surface area is 142 Å². The maximum Gasteiger partial charge on any atom is 0.205 e. The average Bonchev–Trinajstić information content (AvgIpc) is 2.97. The molecule has 1 aliphatic rings. The second kappa shape index (κ2) is 5.90. The van der Waals surface area contributed by atoms with Crippen LogP contribution in [0, 0.1) is 11.6 Å². The van der Waals surface area contributed by atoms with Crippen LogP contribution in [0.25, 0.3) is 16.6 Å². The number of allylic oxidation sites excluding steroid dienone is 1. The predicted molar refractivity (Wildman–Crippen MR) is 96.0 cm³/mol. The van der Waals surface area contributed by atoms with Crippen LogP contribution in [0.2, 0.25) is 0 Å². The number of hydrogen-bond donors (Lipinski definition) is 3. The molecule has 0 unspecified atom stereocenters. The van der Waals surface area contributed by atoms with E-state index in [0.717, 1.165) is 23.4 Å². The number of anilines is 1. The third-order valence-electron chi connectivity index (χ3n) is 3.87. The van der Waals surface area contributed by atoms with Crippen LogP contribution in [-0.4, -0.2) is 10.9 Å². The first-order valence-electron chi connectivity index (χ1n) is 7.65. The Morgan fingerprint density at radius 1 is 1.04 bits per heavy atom. The topological polar surface area (TPSA) is 52.2 Å². The monoisotopic (exact) mass is 336 g/mol. The van der Waals surface area contributed by atoms with E-state index in [2.05, 4.69) is 27.2 Å². The van der Waals surface area contributed by atoms with Crippen LogP contribution in [0.3, 0.4) is 0 Å². The maximum absolute atomic E-state index is 13.5. The Kier molecular flexibility index (Phi) is 3.57. The van der Waals surface area contributed by atoms with Crippen molar-refractivity contribution in [1.82, 2.24) is 10.3 Å². The molecule has 2 aromatic carbocycles. The summed E-state index contributed by atoms with van der Waals surface area (Å²) < 4.78 is 26.9. The molecule has 0 saturated carbocycles. The number of halogens is 2. The zero-order chi connectivity index (χ0) is 17.4. The number of guanidine groups is 1. The van der Waals surface area contributed by atoms with E-state index in [4.69, 9.17) is 0 Å². The van der Waals surface area contributed by atoms with Gasteiger partial charge in [-0.2, -0.15) is 0 Å². The van der Waals surface area contributed by atoms with E-state index >= 15 is 0 Å². The second-order valence-electron chi connectivity index (χ2n) is 5.65. The van der Waals surface area contributed by atoms with Crippen molar-refractivity contribution >= 4 is 28.2 Å². The van der Waals surface area contributed by atoms with Gasteiger partial charge in [-0.3, -0.25) is 0 Å². The number of nitrogens with one attached hydrogen (secondary N) is 3. The van der Waals surface area contributed by atoms with Crippen molar-refractivity contribution in [3.8, 4) is 0 Å². The van der Waals surface area contributed by atoms with E-state index in [1.807, 2.05) is 36.4 Å². The Morgan fingerprint density at radius 2 is 1.80 bits per heavy atom. The van der Waals surface area contributed by atoms with Gasteiger partial charge in [0.15, 0.2) is 11.6 Å².